The van der Waals surface area contributed by atoms with Gasteiger partial charge in [0.15, 0.2) is 5.13 Å². The van der Waals surface area contributed by atoms with Crippen molar-refractivity contribution in [1.29, 1.82) is 0 Å². The first-order valence-corrected chi connectivity index (χ1v) is 7.22. The van der Waals surface area contributed by atoms with Gasteiger partial charge in [-0.05, 0) is 19.1 Å². The smallest absolute Gasteiger partial charge is 0.255 e. The summed E-state index contributed by atoms with van der Waals surface area (Å²) in [5.74, 6) is 0. The molecule has 17 heavy (non-hydrogen) atoms. The Morgan fingerprint density at radius 1 is 1.29 bits per heavy atom. The molecule has 0 spiro atoms. The summed E-state index contributed by atoms with van der Waals surface area (Å²) >= 11 is 6.85. The Morgan fingerprint density at radius 2 is 2.06 bits per heavy atom. The molecule has 0 aliphatic rings. The maximum atomic E-state index is 11.9. The number of hydrogen-bond acceptors (Lipinski definition) is 5. The van der Waals surface area contributed by atoms with Gasteiger partial charge in [-0.25, -0.2) is 18.4 Å². The molecule has 2 aromatic rings. The number of rotatable bonds is 3. The van der Waals surface area contributed by atoms with E-state index in [4.69, 9.17) is 11.6 Å². The van der Waals surface area contributed by atoms with Gasteiger partial charge >= 0.3 is 0 Å². The molecular formula is C9H8ClN3O2S2. The standard InChI is InChI=1S/C9H8ClN3O2S2/c1-6-4-12-9(16-6)13-17(14,15)7-2-3-8(10)11-5-7/h2-5H,1H3,(H,12,13). The van der Waals surface area contributed by atoms with E-state index in [1.165, 1.54) is 29.7 Å². The normalized spacial score (nSPS) is 11.4. The predicted molar refractivity (Wildman–Crippen MR) is 66.9 cm³/mol. The van der Waals surface area contributed by atoms with Crippen LogP contribution >= 0.6 is 22.9 Å². The van der Waals surface area contributed by atoms with Crippen LogP contribution in [0.4, 0.5) is 5.13 Å². The highest BCUT2D eigenvalue weighted by atomic mass is 35.5. The first kappa shape index (κ1) is 12.3. The van der Waals surface area contributed by atoms with Crippen LogP contribution in [0.3, 0.4) is 0 Å². The second-order valence-electron chi connectivity index (χ2n) is 3.20. The third-order valence-corrected chi connectivity index (χ3v) is 4.36. The van der Waals surface area contributed by atoms with Crippen LogP contribution in [0.2, 0.25) is 5.15 Å². The fourth-order valence-corrected chi connectivity index (χ4v) is 3.06. The summed E-state index contributed by atoms with van der Waals surface area (Å²) < 4.78 is 26.2. The molecule has 0 bridgehead atoms. The summed E-state index contributed by atoms with van der Waals surface area (Å²) in [5.41, 5.74) is 0. The van der Waals surface area contributed by atoms with Gasteiger partial charge in [-0.15, -0.1) is 11.3 Å². The maximum absolute atomic E-state index is 11.9. The number of anilines is 1. The van der Waals surface area contributed by atoms with E-state index >= 15 is 0 Å². The fraction of sp³-hybridized carbons (Fsp3) is 0.111. The summed E-state index contributed by atoms with van der Waals surface area (Å²) in [6.45, 7) is 1.85. The number of aryl methyl sites for hydroxylation is 1. The Morgan fingerprint density at radius 3 is 2.59 bits per heavy atom. The molecule has 2 heterocycles. The molecule has 0 radical (unpaired) electrons. The quantitative estimate of drug-likeness (QED) is 0.880. The average Bonchev–Trinajstić information content (AvgIpc) is 2.63. The first-order chi connectivity index (χ1) is 7.97. The summed E-state index contributed by atoms with van der Waals surface area (Å²) in [4.78, 5) is 8.63. The molecule has 8 heteroatoms. The van der Waals surface area contributed by atoms with Crippen molar-refractivity contribution in [3.8, 4) is 0 Å². The zero-order chi connectivity index (χ0) is 12.5. The molecule has 1 N–H and O–H groups in total. The molecule has 2 rings (SSSR count). The van der Waals surface area contributed by atoms with Crippen LogP contribution in [-0.2, 0) is 10.0 Å². The molecule has 0 amide bonds. The minimum Gasteiger partial charge on any atom is -0.255 e. The van der Waals surface area contributed by atoms with Crippen molar-refractivity contribution in [2.75, 3.05) is 4.72 Å². The predicted octanol–water partition coefficient (Wildman–Crippen LogP) is 2.30. The number of hydrogen-bond donors (Lipinski definition) is 1. The van der Waals surface area contributed by atoms with Gasteiger partial charge in [-0.2, -0.15) is 0 Å². The zero-order valence-corrected chi connectivity index (χ0v) is 11.1. The topological polar surface area (TPSA) is 72.0 Å². The van der Waals surface area contributed by atoms with Gasteiger partial charge in [0.25, 0.3) is 10.0 Å². The highest BCUT2D eigenvalue weighted by Crippen LogP contribution is 2.20. The first-order valence-electron chi connectivity index (χ1n) is 4.54. The molecule has 0 fully saturated rings. The number of pyridine rings is 1. The van der Waals surface area contributed by atoms with E-state index in [-0.39, 0.29) is 10.0 Å². The van der Waals surface area contributed by atoms with Gasteiger partial charge in [-0.1, -0.05) is 11.6 Å². The molecule has 0 aliphatic heterocycles. The van der Waals surface area contributed by atoms with Crippen molar-refractivity contribution in [3.05, 3.63) is 34.6 Å². The van der Waals surface area contributed by atoms with Gasteiger partial charge in [0.05, 0.1) is 0 Å². The van der Waals surface area contributed by atoms with Gasteiger partial charge < -0.3 is 0 Å². The van der Waals surface area contributed by atoms with Crippen LogP contribution in [0.15, 0.2) is 29.4 Å². The van der Waals surface area contributed by atoms with Crippen molar-refractivity contribution in [2.24, 2.45) is 0 Å². The van der Waals surface area contributed by atoms with Crippen molar-refractivity contribution in [1.82, 2.24) is 9.97 Å². The highest BCUT2D eigenvalue weighted by molar-refractivity contribution is 7.93. The molecule has 0 atom stereocenters. The van der Waals surface area contributed by atoms with E-state index in [1.54, 1.807) is 6.20 Å². The molecule has 0 saturated carbocycles. The van der Waals surface area contributed by atoms with E-state index in [1.807, 2.05) is 6.92 Å². The zero-order valence-electron chi connectivity index (χ0n) is 8.71. The molecule has 90 valence electrons. The Hall–Kier alpha value is -1.18. The van der Waals surface area contributed by atoms with Gasteiger partial charge in [0, 0.05) is 17.3 Å². The van der Waals surface area contributed by atoms with Gasteiger partial charge in [0.2, 0.25) is 0 Å². The van der Waals surface area contributed by atoms with E-state index in [2.05, 4.69) is 14.7 Å². The molecule has 0 unspecified atom stereocenters. The van der Waals surface area contributed by atoms with Crippen molar-refractivity contribution in [2.45, 2.75) is 11.8 Å². The number of sulfonamides is 1. The second kappa shape index (κ2) is 4.59. The largest absolute Gasteiger partial charge is 0.265 e. The Labute approximate surface area is 108 Å². The van der Waals surface area contributed by atoms with E-state index in [9.17, 15) is 8.42 Å². The fourth-order valence-electron chi connectivity index (χ4n) is 1.10. The van der Waals surface area contributed by atoms with E-state index in [0.717, 1.165) is 4.88 Å². The van der Waals surface area contributed by atoms with Crippen LogP contribution in [0.1, 0.15) is 4.88 Å². The van der Waals surface area contributed by atoms with Crippen LogP contribution in [0, 0.1) is 6.92 Å². The van der Waals surface area contributed by atoms with E-state index < -0.39 is 10.0 Å². The number of halogens is 1. The van der Waals surface area contributed by atoms with Crippen LogP contribution in [0.5, 0.6) is 0 Å². The molecule has 0 saturated heterocycles. The maximum Gasteiger partial charge on any atom is 0.265 e. The minimum absolute atomic E-state index is 0.0507. The van der Waals surface area contributed by atoms with Crippen LogP contribution in [0.25, 0.3) is 0 Å². The van der Waals surface area contributed by atoms with Crippen molar-refractivity contribution < 1.29 is 8.42 Å². The molecule has 2 aromatic heterocycles. The third-order valence-electron chi connectivity index (χ3n) is 1.85. The summed E-state index contributed by atoms with van der Waals surface area (Å²) in [5, 5.41) is 0.575. The Balaban J connectivity index is 2.28. The Kier molecular flexibility index (Phi) is 3.32. The van der Waals surface area contributed by atoms with E-state index in [0.29, 0.717) is 5.13 Å². The molecular weight excluding hydrogens is 282 g/mol. The lowest BCUT2D eigenvalue weighted by Gasteiger charge is -2.04. The number of nitrogens with one attached hydrogen (secondary N) is 1. The lowest BCUT2D eigenvalue weighted by Crippen LogP contribution is -2.12. The van der Waals surface area contributed by atoms with Gasteiger partial charge in [-0.3, -0.25) is 4.72 Å². The number of aromatic nitrogens is 2. The second-order valence-corrected chi connectivity index (χ2v) is 6.50. The van der Waals surface area contributed by atoms with Gasteiger partial charge in [0.1, 0.15) is 10.0 Å². The molecule has 0 aromatic carbocycles. The number of thiazole rings is 1. The van der Waals surface area contributed by atoms with Crippen LogP contribution in [-0.4, -0.2) is 18.4 Å². The highest BCUT2D eigenvalue weighted by Gasteiger charge is 2.16. The summed E-state index contributed by atoms with van der Waals surface area (Å²) in [6, 6.07) is 2.81. The summed E-state index contributed by atoms with van der Waals surface area (Å²) in [6.07, 6.45) is 2.80. The lowest BCUT2D eigenvalue weighted by molar-refractivity contribution is 0.601. The van der Waals surface area contributed by atoms with Crippen molar-refractivity contribution in [3.63, 3.8) is 0 Å². The SMILES string of the molecule is Cc1cnc(NS(=O)(=O)c2ccc(Cl)nc2)s1. The van der Waals surface area contributed by atoms with Crippen molar-refractivity contribution >= 4 is 38.1 Å². The minimum atomic E-state index is -3.64. The van der Waals surface area contributed by atoms with Crippen LogP contribution < -0.4 is 4.72 Å². The number of nitrogens with zero attached hydrogens (tertiary/aromatic N) is 2. The Bertz CT molecular complexity index is 622. The monoisotopic (exact) mass is 289 g/mol. The lowest BCUT2D eigenvalue weighted by atomic mass is 10.5. The molecule has 5 nitrogen and oxygen atoms in total. The third kappa shape index (κ3) is 2.93. The molecule has 0 aliphatic carbocycles. The summed E-state index contributed by atoms with van der Waals surface area (Å²) in [7, 11) is -3.64. The average molecular weight is 290 g/mol.